The molecule has 0 radical (unpaired) electrons. The molecule has 0 bridgehead atoms. The van der Waals surface area contributed by atoms with Gasteiger partial charge in [0, 0.05) is 23.2 Å². The van der Waals surface area contributed by atoms with Crippen LogP contribution in [0.4, 0.5) is 5.69 Å². The summed E-state index contributed by atoms with van der Waals surface area (Å²) in [6.45, 7) is 6.98. The zero-order chi connectivity index (χ0) is 20.8. The second kappa shape index (κ2) is 7.10. The third-order valence-corrected chi connectivity index (χ3v) is 6.13. The molecule has 3 nitrogen and oxygen atoms in total. The number of anilines is 1. The molecule has 0 spiro atoms. The Balaban J connectivity index is 1.69. The molecule has 0 saturated carbocycles. The maximum atomic E-state index is 13.7. The molecule has 0 N–H and O–H groups in total. The summed E-state index contributed by atoms with van der Waals surface area (Å²) < 4.78 is 0. The lowest BCUT2D eigenvalue weighted by Crippen LogP contribution is -2.29. The second-order valence-electron chi connectivity index (χ2n) is 8.21. The van der Waals surface area contributed by atoms with Gasteiger partial charge in [-0.1, -0.05) is 42.0 Å². The zero-order valence-electron chi connectivity index (χ0n) is 17.6. The Morgan fingerprint density at radius 1 is 0.900 bits per heavy atom. The molecule has 0 atom stereocenters. The number of pyridine rings is 1. The van der Waals surface area contributed by atoms with Crippen LogP contribution in [-0.2, 0) is 6.42 Å². The molecule has 0 saturated heterocycles. The van der Waals surface area contributed by atoms with E-state index in [0.29, 0.717) is 12.1 Å². The lowest BCUT2D eigenvalue weighted by molar-refractivity contribution is 0.0991. The van der Waals surface area contributed by atoms with E-state index in [9.17, 15) is 4.79 Å². The molecule has 4 aromatic rings. The Hall–Kier alpha value is -3.46. The summed E-state index contributed by atoms with van der Waals surface area (Å²) in [6, 6.07) is 22.7. The maximum absolute atomic E-state index is 13.7. The van der Waals surface area contributed by atoms with Crippen molar-refractivity contribution in [3.8, 4) is 11.3 Å². The number of carbonyl (C=O) groups is 1. The molecule has 3 aromatic carbocycles. The third-order valence-electron chi connectivity index (χ3n) is 6.13. The first-order valence-corrected chi connectivity index (χ1v) is 10.4. The number of benzene rings is 3. The Bertz CT molecular complexity index is 1310. The molecule has 3 heteroatoms. The van der Waals surface area contributed by atoms with Crippen molar-refractivity contribution in [1.29, 1.82) is 0 Å². The molecule has 2 heterocycles. The summed E-state index contributed by atoms with van der Waals surface area (Å²) in [5, 5.41) is 0.914. The zero-order valence-corrected chi connectivity index (χ0v) is 17.6. The summed E-state index contributed by atoms with van der Waals surface area (Å²) in [4.78, 5) is 20.6. The molecule has 1 amide bonds. The van der Waals surface area contributed by atoms with Crippen molar-refractivity contribution in [3.05, 3.63) is 94.5 Å². The predicted octanol–water partition coefficient (Wildman–Crippen LogP) is 6.03. The molecule has 30 heavy (non-hydrogen) atoms. The number of aromatic nitrogens is 1. The van der Waals surface area contributed by atoms with Gasteiger partial charge < -0.3 is 4.90 Å². The molecule has 148 valence electrons. The Morgan fingerprint density at radius 2 is 1.73 bits per heavy atom. The highest BCUT2D eigenvalue weighted by atomic mass is 16.2. The van der Waals surface area contributed by atoms with Gasteiger partial charge in [-0.25, -0.2) is 4.98 Å². The number of hydrogen-bond donors (Lipinski definition) is 0. The van der Waals surface area contributed by atoms with Gasteiger partial charge in [-0.2, -0.15) is 0 Å². The van der Waals surface area contributed by atoms with Crippen LogP contribution in [0.3, 0.4) is 0 Å². The van der Waals surface area contributed by atoms with Gasteiger partial charge >= 0.3 is 0 Å². The van der Waals surface area contributed by atoms with Crippen LogP contribution in [0, 0.1) is 20.8 Å². The monoisotopic (exact) mass is 392 g/mol. The SMILES string of the molecule is Cc1ccc2nc(-c3ccc(C)c(C)c3)cc(C(=O)N3CCc4ccccc43)c2c1. The number of rotatable bonds is 2. The van der Waals surface area contributed by atoms with Crippen molar-refractivity contribution in [2.45, 2.75) is 27.2 Å². The van der Waals surface area contributed by atoms with Gasteiger partial charge in [0.05, 0.1) is 16.8 Å². The van der Waals surface area contributed by atoms with Crippen LogP contribution in [0.15, 0.2) is 66.7 Å². The number of fused-ring (bicyclic) bond motifs is 2. The first-order valence-electron chi connectivity index (χ1n) is 10.4. The molecule has 1 aliphatic heterocycles. The Morgan fingerprint density at radius 3 is 2.57 bits per heavy atom. The average Bonchev–Trinajstić information content (AvgIpc) is 3.18. The van der Waals surface area contributed by atoms with Gasteiger partial charge in [0.2, 0.25) is 0 Å². The minimum Gasteiger partial charge on any atom is -0.308 e. The molecule has 0 fully saturated rings. The summed E-state index contributed by atoms with van der Waals surface area (Å²) >= 11 is 0. The van der Waals surface area contributed by atoms with Crippen molar-refractivity contribution >= 4 is 22.5 Å². The highest BCUT2D eigenvalue weighted by Crippen LogP contribution is 2.32. The van der Waals surface area contributed by atoms with Crippen LogP contribution in [0.2, 0.25) is 0 Å². The van der Waals surface area contributed by atoms with Crippen LogP contribution in [0.25, 0.3) is 22.2 Å². The van der Waals surface area contributed by atoms with Crippen LogP contribution in [0.1, 0.15) is 32.6 Å². The quantitative estimate of drug-likeness (QED) is 0.417. The van der Waals surface area contributed by atoms with Crippen molar-refractivity contribution in [2.24, 2.45) is 0 Å². The molecular formula is C27H24N2O. The van der Waals surface area contributed by atoms with E-state index in [4.69, 9.17) is 4.98 Å². The summed E-state index contributed by atoms with van der Waals surface area (Å²) in [5.74, 6) is 0.0445. The first-order chi connectivity index (χ1) is 14.5. The standard InChI is InChI=1S/C27H24N2O/c1-17-8-11-24-22(14-17)23(16-25(28-24)21-10-9-18(2)19(3)15-21)27(30)29-13-12-20-6-4-5-7-26(20)29/h4-11,14-16H,12-13H2,1-3H3. The normalized spacial score (nSPS) is 13.0. The minimum atomic E-state index is 0.0445. The van der Waals surface area contributed by atoms with E-state index in [1.807, 2.05) is 35.2 Å². The lowest BCUT2D eigenvalue weighted by atomic mass is 9.99. The number of nitrogens with zero attached hydrogens (tertiary/aromatic N) is 2. The first kappa shape index (κ1) is 18.6. The van der Waals surface area contributed by atoms with Crippen molar-refractivity contribution in [1.82, 2.24) is 4.98 Å². The van der Waals surface area contributed by atoms with Crippen LogP contribution in [-0.4, -0.2) is 17.4 Å². The molecule has 1 aromatic heterocycles. The van der Waals surface area contributed by atoms with Gasteiger partial charge in [-0.15, -0.1) is 0 Å². The number of carbonyl (C=O) groups excluding carboxylic acids is 1. The third kappa shape index (κ3) is 3.07. The van der Waals surface area contributed by atoms with Crippen LogP contribution < -0.4 is 4.90 Å². The molecule has 0 aliphatic carbocycles. The Labute approximate surface area is 177 Å². The topological polar surface area (TPSA) is 33.2 Å². The van der Waals surface area contributed by atoms with Crippen molar-refractivity contribution < 1.29 is 4.79 Å². The van der Waals surface area contributed by atoms with E-state index in [2.05, 4.69) is 57.2 Å². The highest BCUT2D eigenvalue weighted by Gasteiger charge is 2.27. The van der Waals surface area contributed by atoms with Gasteiger partial charge in [0.15, 0.2) is 0 Å². The smallest absolute Gasteiger partial charge is 0.259 e. The van der Waals surface area contributed by atoms with Crippen LogP contribution >= 0.6 is 0 Å². The number of hydrogen-bond acceptors (Lipinski definition) is 2. The van der Waals surface area contributed by atoms with E-state index in [1.54, 1.807) is 0 Å². The fourth-order valence-electron chi connectivity index (χ4n) is 4.26. The van der Waals surface area contributed by atoms with Crippen LogP contribution in [0.5, 0.6) is 0 Å². The van der Waals surface area contributed by atoms with Gasteiger partial charge in [0.1, 0.15) is 0 Å². The molecule has 5 rings (SSSR count). The summed E-state index contributed by atoms with van der Waals surface area (Å²) in [7, 11) is 0. The van der Waals surface area contributed by atoms with Crippen molar-refractivity contribution in [2.75, 3.05) is 11.4 Å². The fraction of sp³-hybridized carbons (Fsp3) is 0.185. The van der Waals surface area contributed by atoms with E-state index in [-0.39, 0.29) is 5.91 Å². The van der Waals surface area contributed by atoms with Gasteiger partial charge in [0.25, 0.3) is 5.91 Å². The van der Waals surface area contributed by atoms with Gasteiger partial charge in [-0.3, -0.25) is 4.79 Å². The van der Waals surface area contributed by atoms with E-state index < -0.39 is 0 Å². The highest BCUT2D eigenvalue weighted by molar-refractivity contribution is 6.15. The number of amides is 1. The van der Waals surface area contributed by atoms with E-state index in [0.717, 1.165) is 39.8 Å². The number of para-hydroxylation sites is 1. The van der Waals surface area contributed by atoms with E-state index in [1.165, 1.54) is 16.7 Å². The lowest BCUT2D eigenvalue weighted by Gasteiger charge is -2.19. The fourth-order valence-corrected chi connectivity index (χ4v) is 4.26. The molecule has 1 aliphatic rings. The Kier molecular flexibility index (Phi) is 4.39. The largest absolute Gasteiger partial charge is 0.308 e. The minimum absolute atomic E-state index is 0.0445. The number of aryl methyl sites for hydroxylation is 3. The second-order valence-corrected chi connectivity index (χ2v) is 8.21. The molecule has 0 unspecified atom stereocenters. The van der Waals surface area contributed by atoms with Crippen molar-refractivity contribution in [3.63, 3.8) is 0 Å². The maximum Gasteiger partial charge on any atom is 0.259 e. The summed E-state index contributed by atoms with van der Waals surface area (Å²) in [5.41, 5.74) is 9.30. The van der Waals surface area contributed by atoms with E-state index >= 15 is 0 Å². The predicted molar refractivity (Wildman–Crippen MR) is 123 cm³/mol. The molecular weight excluding hydrogens is 368 g/mol. The average molecular weight is 393 g/mol. The summed E-state index contributed by atoms with van der Waals surface area (Å²) in [6.07, 6.45) is 0.897. The van der Waals surface area contributed by atoms with Gasteiger partial charge in [-0.05, 0) is 74.2 Å².